The SMILES string of the molecule is COc1cccc(C2CC3CC2C2C=CC=CC32)c1C(C)=O. The van der Waals surface area contributed by atoms with Crippen molar-refractivity contribution in [3.05, 3.63) is 53.6 Å². The van der Waals surface area contributed by atoms with Crippen LogP contribution in [0.2, 0.25) is 0 Å². The Morgan fingerprint density at radius 3 is 2.64 bits per heavy atom. The minimum atomic E-state index is 0.117. The molecule has 3 aliphatic rings. The van der Waals surface area contributed by atoms with E-state index in [0.29, 0.717) is 17.8 Å². The first-order valence-corrected chi connectivity index (χ1v) is 8.23. The fourth-order valence-corrected chi connectivity index (χ4v) is 5.15. The van der Waals surface area contributed by atoms with E-state index in [1.165, 1.54) is 18.4 Å². The molecule has 0 aliphatic heterocycles. The molecule has 0 aromatic heterocycles. The number of ketones is 1. The highest BCUT2D eigenvalue weighted by atomic mass is 16.5. The summed E-state index contributed by atoms with van der Waals surface area (Å²) in [6.07, 6.45) is 11.7. The molecule has 5 atom stereocenters. The van der Waals surface area contributed by atoms with Gasteiger partial charge in [-0.05, 0) is 61.0 Å². The molecular formula is C20H22O2. The van der Waals surface area contributed by atoms with E-state index in [1.54, 1.807) is 14.0 Å². The van der Waals surface area contributed by atoms with Gasteiger partial charge in [0, 0.05) is 0 Å². The van der Waals surface area contributed by atoms with Crippen molar-refractivity contribution < 1.29 is 9.53 Å². The zero-order chi connectivity index (χ0) is 15.3. The first-order chi connectivity index (χ1) is 10.7. The lowest BCUT2D eigenvalue weighted by atomic mass is 9.69. The molecule has 4 rings (SSSR count). The number of hydrogen-bond acceptors (Lipinski definition) is 2. The van der Waals surface area contributed by atoms with E-state index < -0.39 is 0 Å². The summed E-state index contributed by atoms with van der Waals surface area (Å²) in [7, 11) is 1.65. The molecule has 2 heteroatoms. The average Bonchev–Trinajstić information content (AvgIpc) is 3.13. The van der Waals surface area contributed by atoms with Crippen LogP contribution in [0.1, 0.15) is 41.6 Å². The molecule has 0 heterocycles. The largest absolute Gasteiger partial charge is 0.496 e. The van der Waals surface area contributed by atoms with Crippen LogP contribution in [-0.2, 0) is 0 Å². The number of ether oxygens (including phenoxy) is 1. The van der Waals surface area contributed by atoms with Crippen LogP contribution in [0, 0.1) is 23.7 Å². The van der Waals surface area contributed by atoms with E-state index in [0.717, 1.165) is 23.1 Å². The Balaban J connectivity index is 1.74. The molecule has 114 valence electrons. The Bertz CT molecular complexity index is 670. The predicted molar refractivity (Wildman–Crippen MR) is 87.2 cm³/mol. The number of rotatable bonds is 3. The lowest BCUT2D eigenvalue weighted by molar-refractivity contribution is 0.101. The second kappa shape index (κ2) is 5.12. The van der Waals surface area contributed by atoms with Crippen LogP contribution >= 0.6 is 0 Å². The quantitative estimate of drug-likeness (QED) is 0.773. The van der Waals surface area contributed by atoms with Crippen molar-refractivity contribution in [2.45, 2.75) is 25.7 Å². The Hall–Kier alpha value is -1.83. The molecular weight excluding hydrogens is 272 g/mol. The molecule has 0 spiro atoms. The topological polar surface area (TPSA) is 26.3 Å². The molecule has 0 amide bonds. The number of methoxy groups -OCH3 is 1. The van der Waals surface area contributed by atoms with Gasteiger partial charge in [0.1, 0.15) is 5.75 Å². The molecule has 1 aromatic rings. The summed E-state index contributed by atoms with van der Waals surface area (Å²) in [5.74, 6) is 4.15. The maximum Gasteiger partial charge on any atom is 0.163 e. The van der Waals surface area contributed by atoms with Gasteiger partial charge in [0.2, 0.25) is 0 Å². The Labute approximate surface area is 131 Å². The maximum atomic E-state index is 12.2. The highest BCUT2D eigenvalue weighted by Gasteiger charge is 2.51. The van der Waals surface area contributed by atoms with Crippen molar-refractivity contribution in [1.82, 2.24) is 0 Å². The van der Waals surface area contributed by atoms with Gasteiger partial charge >= 0.3 is 0 Å². The van der Waals surface area contributed by atoms with E-state index in [4.69, 9.17) is 4.74 Å². The molecule has 2 bridgehead atoms. The number of carbonyl (C=O) groups excluding carboxylic acids is 1. The third-order valence-corrected chi connectivity index (χ3v) is 5.94. The first-order valence-electron chi connectivity index (χ1n) is 8.23. The number of allylic oxidation sites excluding steroid dienone is 4. The van der Waals surface area contributed by atoms with Crippen molar-refractivity contribution >= 4 is 5.78 Å². The summed E-state index contributed by atoms with van der Waals surface area (Å²) in [6.45, 7) is 1.65. The number of benzene rings is 1. The summed E-state index contributed by atoms with van der Waals surface area (Å²) in [5.41, 5.74) is 2.01. The van der Waals surface area contributed by atoms with Crippen LogP contribution in [0.5, 0.6) is 5.75 Å². The Kier molecular flexibility index (Phi) is 3.21. The summed E-state index contributed by atoms with van der Waals surface area (Å²) >= 11 is 0. The smallest absolute Gasteiger partial charge is 0.163 e. The van der Waals surface area contributed by atoms with Crippen molar-refractivity contribution in [1.29, 1.82) is 0 Å². The third kappa shape index (κ3) is 1.89. The van der Waals surface area contributed by atoms with Crippen molar-refractivity contribution in [3.63, 3.8) is 0 Å². The monoisotopic (exact) mass is 294 g/mol. The number of hydrogen-bond donors (Lipinski definition) is 0. The van der Waals surface area contributed by atoms with Gasteiger partial charge in [0.15, 0.2) is 5.78 Å². The Morgan fingerprint density at radius 1 is 1.14 bits per heavy atom. The lowest BCUT2D eigenvalue weighted by Crippen LogP contribution is -2.26. The minimum absolute atomic E-state index is 0.117. The van der Waals surface area contributed by atoms with Gasteiger partial charge in [-0.1, -0.05) is 36.4 Å². The van der Waals surface area contributed by atoms with Gasteiger partial charge < -0.3 is 4.74 Å². The molecule has 5 unspecified atom stereocenters. The average molecular weight is 294 g/mol. The van der Waals surface area contributed by atoms with E-state index in [2.05, 4.69) is 30.4 Å². The molecule has 0 radical (unpaired) electrons. The normalized spacial score (nSPS) is 34.7. The standard InChI is InChI=1S/C20H22O2/c1-12(21)20-16(8-5-9-19(20)22-2)18-11-13-10-17(18)15-7-4-3-6-14(13)15/h3-9,13-15,17-18H,10-11H2,1-2H3. The summed E-state index contributed by atoms with van der Waals surface area (Å²) in [6, 6.07) is 6.07. The molecule has 1 aromatic carbocycles. The molecule has 2 saturated carbocycles. The van der Waals surface area contributed by atoms with E-state index in [9.17, 15) is 4.79 Å². The minimum Gasteiger partial charge on any atom is -0.496 e. The first kappa shape index (κ1) is 13.8. The molecule has 0 saturated heterocycles. The second-order valence-electron chi connectivity index (χ2n) is 6.91. The van der Waals surface area contributed by atoms with Gasteiger partial charge in [0.25, 0.3) is 0 Å². The van der Waals surface area contributed by atoms with Gasteiger partial charge in [-0.25, -0.2) is 0 Å². The molecule has 2 nitrogen and oxygen atoms in total. The summed E-state index contributed by atoms with van der Waals surface area (Å²) in [4.78, 5) is 12.2. The number of carbonyl (C=O) groups is 1. The van der Waals surface area contributed by atoms with Crippen LogP contribution in [0.25, 0.3) is 0 Å². The highest BCUT2D eigenvalue weighted by Crippen LogP contribution is 2.60. The Morgan fingerprint density at radius 2 is 1.91 bits per heavy atom. The molecule has 22 heavy (non-hydrogen) atoms. The zero-order valence-corrected chi connectivity index (χ0v) is 13.2. The van der Waals surface area contributed by atoms with Gasteiger partial charge in [-0.2, -0.15) is 0 Å². The van der Waals surface area contributed by atoms with Crippen LogP contribution in [0.3, 0.4) is 0 Å². The van der Waals surface area contributed by atoms with E-state index in [1.807, 2.05) is 12.1 Å². The van der Waals surface area contributed by atoms with Crippen molar-refractivity contribution in [3.8, 4) is 5.75 Å². The second-order valence-corrected chi connectivity index (χ2v) is 6.91. The zero-order valence-electron chi connectivity index (χ0n) is 13.2. The maximum absolute atomic E-state index is 12.2. The summed E-state index contributed by atoms with van der Waals surface area (Å²) < 4.78 is 5.45. The molecule has 0 N–H and O–H groups in total. The number of fused-ring (bicyclic) bond motifs is 5. The van der Waals surface area contributed by atoms with Crippen LogP contribution in [0.15, 0.2) is 42.5 Å². The van der Waals surface area contributed by atoms with Crippen LogP contribution < -0.4 is 4.74 Å². The van der Waals surface area contributed by atoms with Crippen LogP contribution in [-0.4, -0.2) is 12.9 Å². The highest BCUT2D eigenvalue weighted by molar-refractivity contribution is 5.98. The van der Waals surface area contributed by atoms with Gasteiger partial charge in [-0.3, -0.25) is 4.79 Å². The van der Waals surface area contributed by atoms with Crippen molar-refractivity contribution in [2.75, 3.05) is 7.11 Å². The predicted octanol–water partition coefficient (Wildman–Crippen LogP) is 4.38. The molecule has 3 aliphatic carbocycles. The fourth-order valence-electron chi connectivity index (χ4n) is 5.15. The van der Waals surface area contributed by atoms with E-state index >= 15 is 0 Å². The van der Waals surface area contributed by atoms with Gasteiger partial charge in [-0.15, -0.1) is 0 Å². The molecule has 2 fully saturated rings. The summed E-state index contributed by atoms with van der Waals surface area (Å²) in [5, 5.41) is 0. The third-order valence-electron chi connectivity index (χ3n) is 5.94. The fraction of sp³-hybridized carbons (Fsp3) is 0.450. The van der Waals surface area contributed by atoms with Crippen LogP contribution in [0.4, 0.5) is 0 Å². The number of Topliss-reactive ketones (excluding diaryl/α,β-unsaturated/α-hetero) is 1. The van der Waals surface area contributed by atoms with E-state index in [-0.39, 0.29) is 5.78 Å². The van der Waals surface area contributed by atoms with Crippen molar-refractivity contribution in [2.24, 2.45) is 23.7 Å². The van der Waals surface area contributed by atoms with Gasteiger partial charge in [0.05, 0.1) is 12.7 Å². The lowest BCUT2D eigenvalue weighted by Gasteiger charge is -2.35.